The highest BCUT2D eigenvalue weighted by atomic mass is 35.5. The average Bonchev–Trinajstić information content (AvgIpc) is 2.85. The van der Waals surface area contributed by atoms with Gasteiger partial charge in [-0.2, -0.15) is 0 Å². The van der Waals surface area contributed by atoms with Crippen molar-refractivity contribution >= 4 is 11.6 Å². The second kappa shape index (κ2) is 5.84. The third kappa shape index (κ3) is 3.08. The maximum Gasteiger partial charge on any atom is 0.126 e. The van der Waals surface area contributed by atoms with E-state index in [0.717, 1.165) is 24.4 Å². The molecule has 0 saturated carbocycles. The van der Waals surface area contributed by atoms with Crippen molar-refractivity contribution < 1.29 is 4.42 Å². The van der Waals surface area contributed by atoms with Gasteiger partial charge in [0.05, 0.1) is 17.0 Å². The minimum atomic E-state index is -0.0118. The van der Waals surface area contributed by atoms with E-state index in [4.69, 9.17) is 16.0 Å². The molecule has 0 saturated heterocycles. The Morgan fingerprint density at radius 1 is 1.41 bits per heavy atom. The summed E-state index contributed by atoms with van der Waals surface area (Å²) in [5.74, 6) is 0.869. The van der Waals surface area contributed by atoms with Crippen molar-refractivity contribution in [3.05, 3.63) is 53.2 Å². The van der Waals surface area contributed by atoms with Gasteiger partial charge in [-0.3, -0.25) is 4.98 Å². The molecule has 0 aliphatic heterocycles. The fourth-order valence-corrected chi connectivity index (χ4v) is 1.76. The second-order valence-corrected chi connectivity index (χ2v) is 4.24. The lowest BCUT2D eigenvalue weighted by molar-refractivity contribution is 0.442. The van der Waals surface area contributed by atoms with Gasteiger partial charge in [0.2, 0.25) is 0 Å². The van der Waals surface area contributed by atoms with Crippen molar-refractivity contribution in [1.82, 2.24) is 10.3 Å². The van der Waals surface area contributed by atoms with Gasteiger partial charge in [-0.15, -0.1) is 0 Å². The van der Waals surface area contributed by atoms with Crippen molar-refractivity contribution in [3.8, 4) is 0 Å². The first kappa shape index (κ1) is 12.1. The van der Waals surface area contributed by atoms with Crippen LogP contribution in [0.1, 0.15) is 30.8 Å². The average molecular weight is 251 g/mol. The van der Waals surface area contributed by atoms with Gasteiger partial charge >= 0.3 is 0 Å². The van der Waals surface area contributed by atoms with Crippen LogP contribution in [0.5, 0.6) is 0 Å². The largest absolute Gasteiger partial charge is 0.467 e. The van der Waals surface area contributed by atoms with E-state index >= 15 is 0 Å². The first-order chi connectivity index (χ1) is 8.31. The van der Waals surface area contributed by atoms with Crippen molar-refractivity contribution in [2.75, 3.05) is 6.54 Å². The zero-order valence-corrected chi connectivity index (χ0v) is 10.4. The second-order valence-electron chi connectivity index (χ2n) is 3.80. The van der Waals surface area contributed by atoms with Crippen LogP contribution in [-0.2, 0) is 0 Å². The molecule has 0 radical (unpaired) electrons. The predicted octanol–water partition coefficient (Wildman–Crippen LogP) is 3.42. The van der Waals surface area contributed by atoms with E-state index in [1.54, 1.807) is 12.5 Å². The van der Waals surface area contributed by atoms with Crippen LogP contribution < -0.4 is 5.32 Å². The Labute approximate surface area is 106 Å². The monoisotopic (exact) mass is 250 g/mol. The molecule has 2 heterocycles. The number of aromatic nitrogens is 1. The van der Waals surface area contributed by atoms with Crippen LogP contribution in [0.15, 0.2) is 41.1 Å². The van der Waals surface area contributed by atoms with Gasteiger partial charge in [0, 0.05) is 6.20 Å². The Balaban J connectivity index is 2.23. The molecule has 1 atom stereocenters. The molecule has 0 aromatic carbocycles. The number of hydrogen-bond donors (Lipinski definition) is 1. The lowest BCUT2D eigenvalue weighted by Crippen LogP contribution is -2.23. The molecule has 0 fully saturated rings. The SMILES string of the molecule is CCCNC(c1ccc(Cl)cn1)c1ccco1. The third-order valence-electron chi connectivity index (χ3n) is 2.47. The number of furan rings is 1. The highest BCUT2D eigenvalue weighted by Crippen LogP contribution is 2.21. The summed E-state index contributed by atoms with van der Waals surface area (Å²) < 4.78 is 5.44. The van der Waals surface area contributed by atoms with Crippen LogP contribution >= 0.6 is 11.6 Å². The number of rotatable bonds is 5. The standard InChI is InChI=1S/C13H15ClN2O/c1-2-7-15-13(12-4-3-8-17-12)11-6-5-10(14)9-16-11/h3-6,8-9,13,15H,2,7H2,1H3. The Morgan fingerprint density at radius 2 is 2.29 bits per heavy atom. The first-order valence-corrected chi connectivity index (χ1v) is 6.07. The molecular weight excluding hydrogens is 236 g/mol. The summed E-state index contributed by atoms with van der Waals surface area (Å²) in [5.41, 5.74) is 0.915. The number of nitrogens with zero attached hydrogens (tertiary/aromatic N) is 1. The number of nitrogens with one attached hydrogen (secondary N) is 1. The maximum absolute atomic E-state index is 5.84. The third-order valence-corrected chi connectivity index (χ3v) is 2.70. The Kier molecular flexibility index (Phi) is 4.18. The molecule has 0 bridgehead atoms. The first-order valence-electron chi connectivity index (χ1n) is 5.69. The van der Waals surface area contributed by atoms with Gasteiger partial charge in [-0.1, -0.05) is 18.5 Å². The predicted molar refractivity (Wildman–Crippen MR) is 68.1 cm³/mol. The van der Waals surface area contributed by atoms with E-state index in [0.29, 0.717) is 5.02 Å². The molecule has 2 aromatic rings. The van der Waals surface area contributed by atoms with Gasteiger partial charge in [-0.05, 0) is 37.2 Å². The molecule has 3 nitrogen and oxygen atoms in total. The van der Waals surface area contributed by atoms with Crippen molar-refractivity contribution in [1.29, 1.82) is 0 Å². The number of pyridine rings is 1. The maximum atomic E-state index is 5.84. The minimum absolute atomic E-state index is 0.0118. The van der Waals surface area contributed by atoms with Gasteiger partial charge in [0.1, 0.15) is 11.8 Å². The number of hydrogen-bond acceptors (Lipinski definition) is 3. The fourth-order valence-electron chi connectivity index (χ4n) is 1.65. The quantitative estimate of drug-likeness (QED) is 0.884. The summed E-state index contributed by atoms with van der Waals surface area (Å²) in [7, 11) is 0. The van der Waals surface area contributed by atoms with Crippen LogP contribution in [0.25, 0.3) is 0 Å². The summed E-state index contributed by atoms with van der Waals surface area (Å²) in [6.07, 6.45) is 4.39. The molecule has 1 N–H and O–H groups in total. The highest BCUT2D eigenvalue weighted by Gasteiger charge is 2.16. The molecule has 0 amide bonds. The van der Waals surface area contributed by atoms with E-state index in [1.807, 2.05) is 24.3 Å². The molecule has 90 valence electrons. The lowest BCUT2D eigenvalue weighted by Gasteiger charge is -2.15. The van der Waals surface area contributed by atoms with Gasteiger partial charge in [0.25, 0.3) is 0 Å². The van der Waals surface area contributed by atoms with Gasteiger partial charge in [-0.25, -0.2) is 0 Å². The van der Waals surface area contributed by atoms with Crippen molar-refractivity contribution in [2.24, 2.45) is 0 Å². The van der Waals surface area contributed by atoms with Crippen LogP contribution in [0.4, 0.5) is 0 Å². The molecule has 2 rings (SSSR count). The molecule has 0 aliphatic carbocycles. The Hall–Kier alpha value is -1.32. The van der Waals surface area contributed by atoms with Crippen LogP contribution in [0.2, 0.25) is 5.02 Å². The fraction of sp³-hybridized carbons (Fsp3) is 0.308. The molecule has 2 aromatic heterocycles. The van der Waals surface area contributed by atoms with Gasteiger partial charge in [0.15, 0.2) is 0 Å². The molecular formula is C13H15ClN2O. The van der Waals surface area contributed by atoms with E-state index in [-0.39, 0.29) is 6.04 Å². The smallest absolute Gasteiger partial charge is 0.126 e. The summed E-state index contributed by atoms with van der Waals surface area (Å²) in [6.45, 7) is 3.04. The van der Waals surface area contributed by atoms with Crippen LogP contribution in [0, 0.1) is 0 Å². The summed E-state index contributed by atoms with van der Waals surface area (Å²) in [4.78, 5) is 4.33. The molecule has 0 aliphatic rings. The van der Waals surface area contributed by atoms with Crippen LogP contribution in [0.3, 0.4) is 0 Å². The normalized spacial score (nSPS) is 12.6. The zero-order valence-electron chi connectivity index (χ0n) is 9.69. The highest BCUT2D eigenvalue weighted by molar-refractivity contribution is 6.30. The molecule has 1 unspecified atom stereocenters. The van der Waals surface area contributed by atoms with Crippen molar-refractivity contribution in [3.63, 3.8) is 0 Å². The molecule has 0 spiro atoms. The van der Waals surface area contributed by atoms with E-state index in [1.165, 1.54) is 0 Å². The summed E-state index contributed by atoms with van der Waals surface area (Å²) in [6, 6.07) is 7.57. The molecule has 17 heavy (non-hydrogen) atoms. The van der Waals surface area contributed by atoms with E-state index in [2.05, 4.69) is 17.2 Å². The summed E-state index contributed by atoms with van der Waals surface area (Å²) >= 11 is 5.84. The Bertz CT molecular complexity index is 439. The number of halogens is 1. The topological polar surface area (TPSA) is 38.1 Å². The lowest BCUT2D eigenvalue weighted by atomic mass is 10.1. The van der Waals surface area contributed by atoms with Crippen LogP contribution in [-0.4, -0.2) is 11.5 Å². The minimum Gasteiger partial charge on any atom is -0.467 e. The summed E-state index contributed by atoms with van der Waals surface area (Å²) in [5, 5.41) is 4.05. The van der Waals surface area contributed by atoms with E-state index < -0.39 is 0 Å². The zero-order chi connectivity index (χ0) is 12.1. The molecule has 4 heteroatoms. The van der Waals surface area contributed by atoms with E-state index in [9.17, 15) is 0 Å². The van der Waals surface area contributed by atoms with Crippen molar-refractivity contribution in [2.45, 2.75) is 19.4 Å². The Morgan fingerprint density at radius 3 is 2.88 bits per heavy atom. The van der Waals surface area contributed by atoms with Gasteiger partial charge < -0.3 is 9.73 Å².